The topological polar surface area (TPSA) is 30.2 Å². The molecule has 100 valence electrons. The van der Waals surface area contributed by atoms with Crippen LogP contribution in [0.5, 0.6) is 0 Å². The number of hydrogen-bond donors (Lipinski definition) is 0. The van der Waals surface area contributed by atoms with Crippen LogP contribution in [-0.2, 0) is 0 Å². The summed E-state index contributed by atoms with van der Waals surface area (Å²) in [6.07, 6.45) is 7.24. The zero-order valence-corrected chi connectivity index (χ0v) is 11.2. The van der Waals surface area contributed by atoms with Gasteiger partial charge in [-0.1, -0.05) is 0 Å². The summed E-state index contributed by atoms with van der Waals surface area (Å²) in [5, 5.41) is 4.64. The SMILES string of the molecule is Cc1ccn2nc(-c3cncc(F)c3)c(C3CC3)c2c1. The average Bonchev–Trinajstić information content (AvgIpc) is 3.19. The highest BCUT2D eigenvalue weighted by Gasteiger charge is 2.31. The summed E-state index contributed by atoms with van der Waals surface area (Å²) in [4.78, 5) is 3.94. The maximum atomic E-state index is 13.4. The molecule has 0 aromatic carbocycles. The van der Waals surface area contributed by atoms with Gasteiger partial charge in [0.2, 0.25) is 0 Å². The van der Waals surface area contributed by atoms with Gasteiger partial charge < -0.3 is 0 Å². The molecule has 0 amide bonds. The lowest BCUT2D eigenvalue weighted by Gasteiger charge is -2.01. The molecule has 0 saturated heterocycles. The van der Waals surface area contributed by atoms with E-state index in [1.807, 2.05) is 16.8 Å². The highest BCUT2D eigenvalue weighted by Crippen LogP contribution is 2.46. The van der Waals surface area contributed by atoms with Crippen LogP contribution in [-0.4, -0.2) is 14.6 Å². The summed E-state index contributed by atoms with van der Waals surface area (Å²) in [7, 11) is 0. The molecule has 1 aliphatic carbocycles. The zero-order chi connectivity index (χ0) is 13.7. The molecule has 20 heavy (non-hydrogen) atoms. The Morgan fingerprint density at radius 3 is 2.85 bits per heavy atom. The second-order valence-electron chi connectivity index (χ2n) is 5.46. The van der Waals surface area contributed by atoms with E-state index in [2.05, 4.69) is 23.1 Å². The smallest absolute Gasteiger partial charge is 0.142 e. The average molecular weight is 267 g/mol. The number of halogens is 1. The van der Waals surface area contributed by atoms with Crippen molar-refractivity contribution in [3.8, 4) is 11.3 Å². The van der Waals surface area contributed by atoms with Crippen molar-refractivity contribution in [2.75, 3.05) is 0 Å². The first-order valence-electron chi connectivity index (χ1n) is 6.82. The monoisotopic (exact) mass is 267 g/mol. The molecule has 0 bridgehead atoms. The summed E-state index contributed by atoms with van der Waals surface area (Å²) in [6, 6.07) is 5.69. The molecule has 3 aromatic heterocycles. The second kappa shape index (κ2) is 4.13. The van der Waals surface area contributed by atoms with Gasteiger partial charge >= 0.3 is 0 Å². The van der Waals surface area contributed by atoms with E-state index in [1.165, 1.54) is 36.2 Å². The summed E-state index contributed by atoms with van der Waals surface area (Å²) >= 11 is 0. The molecule has 3 nitrogen and oxygen atoms in total. The van der Waals surface area contributed by atoms with Crippen molar-refractivity contribution in [2.45, 2.75) is 25.7 Å². The van der Waals surface area contributed by atoms with E-state index in [-0.39, 0.29) is 5.82 Å². The lowest BCUT2D eigenvalue weighted by molar-refractivity contribution is 0.622. The number of pyridine rings is 2. The number of nitrogens with zero attached hydrogens (tertiary/aromatic N) is 3. The summed E-state index contributed by atoms with van der Waals surface area (Å²) in [6.45, 7) is 2.08. The molecule has 1 aliphatic rings. The Hall–Kier alpha value is -2.23. The predicted octanol–water partition coefficient (Wildman–Crippen LogP) is 3.72. The molecule has 1 fully saturated rings. The summed E-state index contributed by atoms with van der Waals surface area (Å²) in [5.74, 6) is 0.227. The van der Waals surface area contributed by atoms with Gasteiger partial charge in [-0.2, -0.15) is 5.10 Å². The van der Waals surface area contributed by atoms with Crippen LogP contribution in [0.1, 0.15) is 29.9 Å². The third-order valence-electron chi connectivity index (χ3n) is 3.79. The second-order valence-corrected chi connectivity index (χ2v) is 5.46. The van der Waals surface area contributed by atoms with Crippen molar-refractivity contribution in [3.63, 3.8) is 0 Å². The highest BCUT2D eigenvalue weighted by atomic mass is 19.1. The van der Waals surface area contributed by atoms with Crippen LogP contribution in [0.25, 0.3) is 16.8 Å². The third kappa shape index (κ3) is 1.80. The van der Waals surface area contributed by atoms with Gasteiger partial charge in [-0.25, -0.2) is 8.91 Å². The van der Waals surface area contributed by atoms with Crippen LogP contribution in [0.15, 0.2) is 36.8 Å². The fraction of sp³-hybridized carbons (Fsp3) is 0.250. The standard InChI is InChI=1S/C16H14FN3/c1-10-4-5-20-14(6-10)15(11-2-3-11)16(19-20)12-7-13(17)9-18-8-12/h4-9,11H,2-3H2,1H3. The van der Waals surface area contributed by atoms with Gasteiger partial charge in [0.25, 0.3) is 0 Å². The molecule has 3 aromatic rings. The number of fused-ring (bicyclic) bond motifs is 1. The third-order valence-corrected chi connectivity index (χ3v) is 3.79. The first-order valence-corrected chi connectivity index (χ1v) is 6.82. The highest BCUT2D eigenvalue weighted by molar-refractivity contribution is 5.74. The lowest BCUT2D eigenvalue weighted by atomic mass is 10.0. The van der Waals surface area contributed by atoms with E-state index in [4.69, 9.17) is 0 Å². The number of rotatable bonds is 2. The van der Waals surface area contributed by atoms with Crippen LogP contribution < -0.4 is 0 Å². The summed E-state index contributed by atoms with van der Waals surface area (Å²) < 4.78 is 15.3. The zero-order valence-electron chi connectivity index (χ0n) is 11.2. The minimum atomic E-state index is -0.322. The largest absolute Gasteiger partial charge is 0.261 e. The fourth-order valence-corrected chi connectivity index (χ4v) is 2.70. The number of hydrogen-bond acceptors (Lipinski definition) is 2. The fourth-order valence-electron chi connectivity index (χ4n) is 2.70. The van der Waals surface area contributed by atoms with Crippen LogP contribution in [0, 0.1) is 12.7 Å². The number of aromatic nitrogens is 3. The molecule has 0 unspecified atom stereocenters. The van der Waals surface area contributed by atoms with Crippen LogP contribution in [0.4, 0.5) is 4.39 Å². The minimum absolute atomic E-state index is 0.322. The first kappa shape index (κ1) is 11.6. The van der Waals surface area contributed by atoms with Crippen LogP contribution in [0.2, 0.25) is 0 Å². The lowest BCUT2D eigenvalue weighted by Crippen LogP contribution is -1.88. The minimum Gasteiger partial charge on any atom is -0.261 e. The van der Waals surface area contributed by atoms with Crippen molar-refractivity contribution < 1.29 is 4.39 Å². The Labute approximate surface area is 116 Å². The Morgan fingerprint density at radius 2 is 2.10 bits per heavy atom. The Morgan fingerprint density at radius 1 is 1.25 bits per heavy atom. The quantitative estimate of drug-likeness (QED) is 0.708. The van der Waals surface area contributed by atoms with Crippen molar-refractivity contribution in [1.82, 2.24) is 14.6 Å². The molecule has 0 radical (unpaired) electrons. The molecular formula is C16H14FN3. The van der Waals surface area contributed by atoms with Gasteiger partial charge in [-0.3, -0.25) is 4.98 Å². The predicted molar refractivity (Wildman–Crippen MR) is 75.1 cm³/mol. The normalized spacial score (nSPS) is 14.9. The van der Waals surface area contributed by atoms with Gasteiger partial charge in [-0.15, -0.1) is 0 Å². The Balaban J connectivity index is 2.01. The van der Waals surface area contributed by atoms with Gasteiger partial charge in [0.15, 0.2) is 0 Å². The molecule has 0 atom stereocenters. The van der Waals surface area contributed by atoms with Crippen LogP contribution >= 0.6 is 0 Å². The first-order chi connectivity index (χ1) is 9.72. The molecule has 3 heterocycles. The van der Waals surface area contributed by atoms with Gasteiger partial charge in [0.05, 0.1) is 17.4 Å². The molecule has 0 spiro atoms. The van der Waals surface area contributed by atoms with Crippen molar-refractivity contribution in [2.24, 2.45) is 0 Å². The molecular weight excluding hydrogens is 253 g/mol. The molecule has 4 heteroatoms. The van der Waals surface area contributed by atoms with Gasteiger partial charge in [0.1, 0.15) is 5.82 Å². The molecule has 0 N–H and O–H groups in total. The van der Waals surface area contributed by atoms with E-state index in [9.17, 15) is 4.39 Å². The Kier molecular flexibility index (Phi) is 2.39. The van der Waals surface area contributed by atoms with Gasteiger partial charge in [0, 0.05) is 23.5 Å². The van der Waals surface area contributed by atoms with E-state index in [1.54, 1.807) is 6.20 Å². The van der Waals surface area contributed by atoms with Crippen molar-refractivity contribution in [1.29, 1.82) is 0 Å². The molecule has 0 aliphatic heterocycles. The maximum Gasteiger partial charge on any atom is 0.142 e. The van der Waals surface area contributed by atoms with E-state index >= 15 is 0 Å². The van der Waals surface area contributed by atoms with E-state index in [0.29, 0.717) is 5.92 Å². The Bertz CT molecular complexity index is 803. The van der Waals surface area contributed by atoms with Crippen molar-refractivity contribution >= 4 is 5.52 Å². The molecule has 4 rings (SSSR count). The van der Waals surface area contributed by atoms with Crippen LogP contribution in [0.3, 0.4) is 0 Å². The van der Waals surface area contributed by atoms with Gasteiger partial charge in [-0.05, 0) is 49.4 Å². The van der Waals surface area contributed by atoms with E-state index < -0.39 is 0 Å². The molecule has 1 saturated carbocycles. The van der Waals surface area contributed by atoms with Crippen molar-refractivity contribution in [3.05, 3.63) is 53.7 Å². The number of aryl methyl sites for hydroxylation is 1. The summed E-state index contributed by atoms with van der Waals surface area (Å²) in [5.41, 5.74) is 5.20. The maximum absolute atomic E-state index is 13.4. The van der Waals surface area contributed by atoms with E-state index in [0.717, 1.165) is 16.8 Å².